The second-order valence-corrected chi connectivity index (χ2v) is 6.07. The molecule has 148 valence electrons. The first-order valence-corrected chi connectivity index (χ1v) is 8.71. The van der Waals surface area contributed by atoms with E-state index in [0.717, 1.165) is 0 Å². The van der Waals surface area contributed by atoms with E-state index in [1.54, 1.807) is 54.2 Å². The summed E-state index contributed by atoms with van der Waals surface area (Å²) in [5.74, 6) is -1.24. The number of nitrogens with zero attached hydrogens (tertiary/aromatic N) is 1. The predicted molar refractivity (Wildman–Crippen MR) is 100 cm³/mol. The van der Waals surface area contributed by atoms with E-state index >= 15 is 0 Å². The summed E-state index contributed by atoms with van der Waals surface area (Å²) in [6, 6.07) is 9.95. The number of hydrogen-bond acceptors (Lipinski definition) is 6. The molecule has 0 aliphatic heterocycles. The Morgan fingerprint density at radius 2 is 1.79 bits per heavy atom. The smallest absolute Gasteiger partial charge is 0.306 e. The number of Topliss-reactive ketones (excluding diaryl/α,β-unsaturated/α-hetero) is 1. The molecule has 2 rings (SSSR count). The minimum Gasteiger partial charge on any atom is -0.494 e. The standard InChI is InChI=1S/C20H22N2O6/c1-14(23)15-7-9-16(10-8-15)27-12-4-6-19(25)28-13-18(24)21-20(26)17-5-3-11-22(17)2/h3,5,7-11H,4,6,12-13H2,1-2H3,(H,21,24,26). The molecule has 1 N–H and O–H groups in total. The van der Waals surface area contributed by atoms with Crippen molar-refractivity contribution in [2.45, 2.75) is 19.8 Å². The van der Waals surface area contributed by atoms with Crippen molar-refractivity contribution in [2.75, 3.05) is 13.2 Å². The number of carbonyl (C=O) groups is 4. The maximum Gasteiger partial charge on any atom is 0.306 e. The fraction of sp³-hybridized carbons (Fsp3) is 0.300. The van der Waals surface area contributed by atoms with Crippen LogP contribution in [0.4, 0.5) is 0 Å². The molecule has 0 spiro atoms. The first kappa shape index (κ1) is 20.9. The summed E-state index contributed by atoms with van der Waals surface area (Å²) in [6.45, 7) is 1.24. The van der Waals surface area contributed by atoms with Gasteiger partial charge in [-0.15, -0.1) is 0 Å². The summed E-state index contributed by atoms with van der Waals surface area (Å²) in [6.07, 6.45) is 2.15. The number of carbonyl (C=O) groups excluding carboxylic acids is 4. The van der Waals surface area contributed by atoms with Gasteiger partial charge in [0.25, 0.3) is 11.8 Å². The molecular formula is C20H22N2O6. The Bertz CT molecular complexity index is 854. The van der Waals surface area contributed by atoms with Gasteiger partial charge >= 0.3 is 5.97 Å². The highest BCUT2D eigenvalue weighted by molar-refractivity contribution is 6.04. The molecule has 0 fully saturated rings. The highest BCUT2D eigenvalue weighted by atomic mass is 16.5. The van der Waals surface area contributed by atoms with Gasteiger partial charge in [-0.1, -0.05) is 0 Å². The predicted octanol–water partition coefficient (Wildman–Crippen LogP) is 1.89. The van der Waals surface area contributed by atoms with Crippen molar-refractivity contribution in [1.29, 1.82) is 0 Å². The summed E-state index contributed by atoms with van der Waals surface area (Å²) >= 11 is 0. The second kappa shape index (κ2) is 10.1. The van der Waals surface area contributed by atoms with Gasteiger partial charge in [0.05, 0.1) is 6.61 Å². The third-order valence-electron chi connectivity index (χ3n) is 3.85. The number of aryl methyl sites for hydroxylation is 1. The quantitative estimate of drug-likeness (QED) is 0.401. The lowest BCUT2D eigenvalue weighted by Gasteiger charge is -2.08. The van der Waals surface area contributed by atoms with Gasteiger partial charge in [0.2, 0.25) is 0 Å². The third-order valence-corrected chi connectivity index (χ3v) is 3.85. The highest BCUT2D eigenvalue weighted by Gasteiger charge is 2.14. The molecule has 28 heavy (non-hydrogen) atoms. The number of benzene rings is 1. The largest absolute Gasteiger partial charge is 0.494 e. The lowest BCUT2D eigenvalue weighted by molar-refractivity contribution is -0.148. The van der Waals surface area contributed by atoms with Crippen LogP contribution in [0.2, 0.25) is 0 Å². The lowest BCUT2D eigenvalue weighted by Crippen LogP contribution is -2.35. The zero-order valence-corrected chi connectivity index (χ0v) is 15.8. The van der Waals surface area contributed by atoms with Crippen LogP contribution in [0.25, 0.3) is 0 Å². The molecule has 1 heterocycles. The van der Waals surface area contributed by atoms with Gasteiger partial charge < -0.3 is 14.0 Å². The highest BCUT2D eigenvalue weighted by Crippen LogP contribution is 2.13. The zero-order chi connectivity index (χ0) is 20.5. The third kappa shape index (κ3) is 6.39. The van der Waals surface area contributed by atoms with Gasteiger partial charge in [-0.05, 0) is 49.7 Å². The molecule has 0 aliphatic carbocycles. The number of aromatic nitrogens is 1. The van der Waals surface area contributed by atoms with Crippen LogP contribution in [0.1, 0.15) is 40.6 Å². The van der Waals surface area contributed by atoms with E-state index in [9.17, 15) is 19.2 Å². The van der Waals surface area contributed by atoms with Gasteiger partial charge in [-0.25, -0.2) is 0 Å². The molecule has 2 aromatic rings. The Hall–Kier alpha value is -3.42. The summed E-state index contributed by atoms with van der Waals surface area (Å²) in [5.41, 5.74) is 0.924. The number of imide groups is 1. The number of nitrogens with one attached hydrogen (secondary N) is 1. The fourth-order valence-corrected chi connectivity index (χ4v) is 2.33. The van der Waals surface area contributed by atoms with Crippen molar-refractivity contribution in [1.82, 2.24) is 9.88 Å². The first-order chi connectivity index (χ1) is 13.4. The van der Waals surface area contributed by atoms with Crippen LogP contribution in [0, 0.1) is 0 Å². The minimum absolute atomic E-state index is 0.0244. The summed E-state index contributed by atoms with van der Waals surface area (Å²) < 4.78 is 11.9. The Kier molecular flexibility index (Phi) is 7.50. The first-order valence-electron chi connectivity index (χ1n) is 8.71. The van der Waals surface area contributed by atoms with E-state index < -0.39 is 24.4 Å². The summed E-state index contributed by atoms with van der Waals surface area (Å²) in [4.78, 5) is 46.4. The van der Waals surface area contributed by atoms with Gasteiger partial charge in [0.15, 0.2) is 12.4 Å². The SMILES string of the molecule is CC(=O)c1ccc(OCCCC(=O)OCC(=O)NC(=O)c2cccn2C)cc1. The molecule has 8 heteroatoms. The molecule has 1 aromatic carbocycles. The van der Waals surface area contributed by atoms with Crippen molar-refractivity contribution in [3.8, 4) is 5.75 Å². The molecule has 8 nitrogen and oxygen atoms in total. The van der Waals surface area contributed by atoms with Gasteiger partial charge in [0, 0.05) is 25.2 Å². The van der Waals surface area contributed by atoms with Gasteiger partial charge in [0.1, 0.15) is 11.4 Å². The molecule has 0 unspecified atom stereocenters. The second-order valence-electron chi connectivity index (χ2n) is 6.07. The van der Waals surface area contributed by atoms with Crippen molar-refractivity contribution in [2.24, 2.45) is 7.05 Å². The van der Waals surface area contributed by atoms with Crippen molar-refractivity contribution >= 4 is 23.6 Å². The molecule has 2 amide bonds. The van der Waals surface area contributed by atoms with E-state index in [2.05, 4.69) is 5.32 Å². The Morgan fingerprint density at radius 3 is 2.39 bits per heavy atom. The van der Waals surface area contributed by atoms with E-state index in [0.29, 0.717) is 23.4 Å². The average Bonchev–Trinajstić information content (AvgIpc) is 3.10. The maximum atomic E-state index is 11.9. The molecule has 0 saturated carbocycles. The normalized spacial score (nSPS) is 10.2. The summed E-state index contributed by atoms with van der Waals surface area (Å²) in [7, 11) is 1.68. The van der Waals surface area contributed by atoms with E-state index in [1.807, 2.05) is 0 Å². The number of hydrogen-bond donors (Lipinski definition) is 1. The van der Waals surface area contributed by atoms with Crippen molar-refractivity contribution in [3.63, 3.8) is 0 Å². The monoisotopic (exact) mass is 386 g/mol. The molecular weight excluding hydrogens is 364 g/mol. The Labute approximate surface area is 162 Å². The van der Waals surface area contributed by atoms with E-state index in [-0.39, 0.29) is 18.8 Å². The van der Waals surface area contributed by atoms with Crippen molar-refractivity contribution < 1.29 is 28.7 Å². The molecule has 0 atom stereocenters. The number of ketones is 1. The van der Waals surface area contributed by atoms with E-state index in [4.69, 9.17) is 9.47 Å². The van der Waals surface area contributed by atoms with Crippen molar-refractivity contribution in [3.05, 3.63) is 53.9 Å². The van der Waals surface area contributed by atoms with Gasteiger partial charge in [-0.3, -0.25) is 24.5 Å². The molecule has 0 aliphatic rings. The van der Waals surface area contributed by atoms with Crippen LogP contribution in [-0.4, -0.2) is 41.3 Å². The Morgan fingerprint density at radius 1 is 1.07 bits per heavy atom. The molecule has 0 bridgehead atoms. The van der Waals surface area contributed by atoms with Crippen LogP contribution in [-0.2, 0) is 21.4 Å². The zero-order valence-electron chi connectivity index (χ0n) is 15.8. The molecule has 1 aromatic heterocycles. The Balaban J connectivity index is 1.62. The topological polar surface area (TPSA) is 104 Å². The number of esters is 1. The van der Waals surface area contributed by atoms with Crippen LogP contribution < -0.4 is 10.1 Å². The average molecular weight is 386 g/mol. The number of rotatable bonds is 9. The van der Waals surface area contributed by atoms with E-state index in [1.165, 1.54) is 6.92 Å². The number of ether oxygens (including phenoxy) is 2. The lowest BCUT2D eigenvalue weighted by atomic mass is 10.1. The summed E-state index contributed by atoms with van der Waals surface area (Å²) in [5, 5.41) is 2.16. The van der Waals surface area contributed by atoms with Crippen LogP contribution in [0.15, 0.2) is 42.6 Å². The number of amides is 2. The maximum absolute atomic E-state index is 11.9. The molecule has 0 saturated heterocycles. The van der Waals surface area contributed by atoms with Crippen LogP contribution in [0.3, 0.4) is 0 Å². The van der Waals surface area contributed by atoms with Crippen LogP contribution in [0.5, 0.6) is 5.75 Å². The van der Waals surface area contributed by atoms with Crippen LogP contribution >= 0.6 is 0 Å². The van der Waals surface area contributed by atoms with Gasteiger partial charge in [-0.2, -0.15) is 0 Å². The minimum atomic E-state index is -0.693. The fourth-order valence-electron chi connectivity index (χ4n) is 2.33. The molecule has 0 radical (unpaired) electrons.